The van der Waals surface area contributed by atoms with Crippen molar-refractivity contribution in [1.29, 1.82) is 0 Å². The molecule has 0 aromatic carbocycles. The highest BCUT2D eigenvalue weighted by Crippen LogP contribution is 2.20. The van der Waals surface area contributed by atoms with Crippen LogP contribution in [-0.2, 0) is 4.74 Å². The van der Waals surface area contributed by atoms with E-state index in [-0.39, 0.29) is 12.6 Å². The van der Waals surface area contributed by atoms with Gasteiger partial charge < -0.3 is 9.84 Å². The number of methoxy groups -OCH3 is 1. The van der Waals surface area contributed by atoms with Gasteiger partial charge in [-0.3, -0.25) is 10.6 Å². The quantitative estimate of drug-likeness (QED) is 0.345. The van der Waals surface area contributed by atoms with Crippen LogP contribution >= 0.6 is 0 Å². The van der Waals surface area contributed by atoms with Crippen molar-refractivity contribution in [1.82, 2.24) is 10.6 Å². The lowest BCUT2D eigenvalue weighted by atomic mass is 10.1. The lowest BCUT2D eigenvalue weighted by molar-refractivity contribution is -0.156. The molecule has 3 atom stereocenters. The number of aliphatic imine (C=N–C) groups is 1. The molecule has 3 N–H and O–H groups in total. The maximum Gasteiger partial charge on any atom is 0.392 e. The number of hydrogen-bond acceptors (Lipinski definition) is 5. The topological polar surface area (TPSA) is 65.9 Å². The largest absolute Gasteiger partial charge is 0.392 e. The fourth-order valence-electron chi connectivity index (χ4n) is 2.14. The van der Waals surface area contributed by atoms with Gasteiger partial charge in [0.1, 0.15) is 6.23 Å². The Hall–Kier alpha value is -0.960. The molecule has 0 bridgehead atoms. The number of rotatable bonds is 13. The van der Waals surface area contributed by atoms with Crippen molar-refractivity contribution in [3.05, 3.63) is 12.2 Å². The molecule has 0 rings (SSSR count). The lowest BCUT2D eigenvalue weighted by Gasteiger charge is -2.23. The molecule has 148 valence electrons. The second-order valence-corrected chi connectivity index (χ2v) is 5.72. The molecule has 5 nitrogen and oxygen atoms in total. The summed E-state index contributed by atoms with van der Waals surface area (Å²) in [7, 11) is 1.55. The van der Waals surface area contributed by atoms with Crippen LogP contribution < -0.4 is 10.6 Å². The molecule has 0 heterocycles. The monoisotopic (exact) mass is 367 g/mol. The molecule has 0 amide bonds. The van der Waals surface area contributed by atoms with Gasteiger partial charge in [0.15, 0.2) is 0 Å². The summed E-state index contributed by atoms with van der Waals surface area (Å²) >= 11 is 0. The second kappa shape index (κ2) is 13.3. The van der Waals surface area contributed by atoms with Crippen LogP contribution in [-0.4, -0.2) is 49.3 Å². The zero-order valence-electron chi connectivity index (χ0n) is 15.6. The summed E-state index contributed by atoms with van der Waals surface area (Å²) in [6.07, 6.45) is -0.735. The normalized spacial score (nSPS) is 17.0. The summed E-state index contributed by atoms with van der Waals surface area (Å²) in [4.78, 5) is 4.51. The van der Waals surface area contributed by atoms with Crippen molar-refractivity contribution in [2.24, 2.45) is 4.99 Å². The van der Waals surface area contributed by atoms with Crippen LogP contribution in [0.4, 0.5) is 13.2 Å². The van der Waals surface area contributed by atoms with Crippen LogP contribution in [0.1, 0.15) is 52.9 Å². The predicted octanol–water partition coefficient (Wildman–Crippen LogP) is 3.35. The Kier molecular flexibility index (Phi) is 12.8. The first kappa shape index (κ1) is 24.0. The second-order valence-electron chi connectivity index (χ2n) is 5.72. The van der Waals surface area contributed by atoms with Gasteiger partial charge in [-0.2, -0.15) is 13.2 Å². The van der Waals surface area contributed by atoms with Crippen LogP contribution in [0.2, 0.25) is 0 Å². The summed E-state index contributed by atoms with van der Waals surface area (Å²) in [5, 5.41) is 15.0. The standard InChI is InChI=1S/C17H32F3N3O2/c1-5-8-9-13(6-2)22-16(25-4)23-14(7-3)10-11-21-15(24)12-17(18,19)20/h8-9,14-16,21,23-24H,5-7,10-12H2,1-4H3/b9-8-,22-13?. The van der Waals surface area contributed by atoms with E-state index in [0.29, 0.717) is 6.42 Å². The van der Waals surface area contributed by atoms with E-state index in [1.54, 1.807) is 7.11 Å². The summed E-state index contributed by atoms with van der Waals surface area (Å²) in [5.41, 5.74) is 0.912. The SMILES string of the molecule is CC/C=C\C(CC)=NC(NC(CC)CCNC(O)CC(F)(F)F)OC. The van der Waals surface area contributed by atoms with Crippen LogP contribution in [0.3, 0.4) is 0 Å². The van der Waals surface area contributed by atoms with Gasteiger partial charge in [0.25, 0.3) is 0 Å². The number of halogens is 3. The van der Waals surface area contributed by atoms with E-state index in [9.17, 15) is 18.3 Å². The summed E-state index contributed by atoms with van der Waals surface area (Å²) < 4.78 is 41.8. The fourth-order valence-corrected chi connectivity index (χ4v) is 2.14. The first-order valence-corrected chi connectivity index (χ1v) is 8.75. The Balaban J connectivity index is 4.48. The van der Waals surface area contributed by atoms with Crippen LogP contribution in [0.15, 0.2) is 17.1 Å². The van der Waals surface area contributed by atoms with Gasteiger partial charge in [0.05, 0.1) is 6.42 Å². The molecule has 0 aliphatic heterocycles. The Morgan fingerprint density at radius 1 is 1.28 bits per heavy atom. The molecule has 0 aromatic heterocycles. The number of aliphatic hydroxyl groups excluding tert-OH is 1. The third-order valence-electron chi connectivity index (χ3n) is 3.58. The zero-order chi connectivity index (χ0) is 19.3. The molecule has 0 saturated carbocycles. The molecule has 8 heteroatoms. The van der Waals surface area contributed by atoms with Crippen LogP contribution in [0.25, 0.3) is 0 Å². The molecule has 0 saturated heterocycles. The summed E-state index contributed by atoms with van der Waals surface area (Å²) in [5.74, 6) is 0. The van der Waals surface area contributed by atoms with E-state index >= 15 is 0 Å². The Morgan fingerprint density at radius 3 is 2.44 bits per heavy atom. The van der Waals surface area contributed by atoms with Gasteiger partial charge in [-0.05, 0) is 38.3 Å². The summed E-state index contributed by atoms with van der Waals surface area (Å²) in [6.45, 7) is 6.29. The molecule has 0 aliphatic rings. The van der Waals surface area contributed by atoms with Gasteiger partial charge >= 0.3 is 6.18 Å². The van der Waals surface area contributed by atoms with Crippen LogP contribution in [0.5, 0.6) is 0 Å². The molecule has 25 heavy (non-hydrogen) atoms. The number of aliphatic hydroxyl groups is 1. The predicted molar refractivity (Wildman–Crippen MR) is 94.5 cm³/mol. The molecule has 0 aromatic rings. The average molecular weight is 367 g/mol. The third kappa shape index (κ3) is 13.0. The highest BCUT2D eigenvalue weighted by atomic mass is 19.4. The first-order chi connectivity index (χ1) is 11.8. The third-order valence-corrected chi connectivity index (χ3v) is 3.58. The van der Waals surface area contributed by atoms with Crippen molar-refractivity contribution >= 4 is 5.71 Å². The van der Waals surface area contributed by atoms with Crippen LogP contribution in [0, 0.1) is 0 Å². The van der Waals surface area contributed by atoms with Crippen molar-refractivity contribution in [2.45, 2.75) is 77.7 Å². The number of ether oxygens (including phenoxy) is 1. The minimum absolute atomic E-state index is 0.00699. The average Bonchev–Trinajstić information content (AvgIpc) is 2.54. The molecule has 0 aliphatic carbocycles. The van der Waals surface area contributed by atoms with Crippen molar-refractivity contribution in [2.75, 3.05) is 13.7 Å². The number of hydrogen-bond donors (Lipinski definition) is 3. The molecule has 0 spiro atoms. The highest BCUT2D eigenvalue weighted by molar-refractivity contribution is 5.94. The van der Waals surface area contributed by atoms with Gasteiger partial charge in [-0.1, -0.05) is 26.8 Å². The Labute approximate surface area is 148 Å². The van der Waals surface area contributed by atoms with Gasteiger partial charge in [0, 0.05) is 18.9 Å². The molecule has 3 unspecified atom stereocenters. The van der Waals surface area contributed by atoms with Crippen molar-refractivity contribution < 1.29 is 23.0 Å². The van der Waals surface area contributed by atoms with Crippen molar-refractivity contribution in [3.63, 3.8) is 0 Å². The van der Waals surface area contributed by atoms with E-state index in [1.165, 1.54) is 0 Å². The Morgan fingerprint density at radius 2 is 1.96 bits per heavy atom. The minimum atomic E-state index is -4.38. The number of nitrogens with one attached hydrogen (secondary N) is 2. The first-order valence-electron chi connectivity index (χ1n) is 8.75. The molecular weight excluding hydrogens is 335 g/mol. The number of allylic oxidation sites excluding steroid dienone is 2. The maximum absolute atomic E-state index is 12.2. The van der Waals surface area contributed by atoms with E-state index in [2.05, 4.69) is 15.6 Å². The highest BCUT2D eigenvalue weighted by Gasteiger charge is 2.30. The maximum atomic E-state index is 12.2. The molecule has 0 fully saturated rings. The van der Waals surface area contributed by atoms with E-state index in [4.69, 9.17) is 4.74 Å². The minimum Gasteiger partial charge on any atom is -0.378 e. The number of nitrogens with zero attached hydrogens (tertiary/aromatic N) is 1. The smallest absolute Gasteiger partial charge is 0.378 e. The lowest BCUT2D eigenvalue weighted by Crippen LogP contribution is -2.42. The van der Waals surface area contributed by atoms with Crippen molar-refractivity contribution in [3.8, 4) is 0 Å². The number of alkyl halides is 3. The zero-order valence-corrected chi connectivity index (χ0v) is 15.6. The van der Waals surface area contributed by atoms with E-state index in [0.717, 1.165) is 25.0 Å². The summed E-state index contributed by atoms with van der Waals surface area (Å²) in [6, 6.07) is 0.00699. The Bertz CT molecular complexity index is 401. The fraction of sp³-hybridized carbons (Fsp3) is 0.824. The van der Waals surface area contributed by atoms with Gasteiger partial charge in [-0.15, -0.1) is 0 Å². The van der Waals surface area contributed by atoms with Gasteiger partial charge in [-0.25, -0.2) is 4.99 Å². The molecular formula is C17H32F3N3O2. The van der Waals surface area contributed by atoms with E-state index < -0.39 is 25.2 Å². The van der Waals surface area contributed by atoms with E-state index in [1.807, 2.05) is 32.9 Å². The molecule has 0 radical (unpaired) electrons. The van der Waals surface area contributed by atoms with Gasteiger partial charge in [0.2, 0.25) is 6.35 Å².